The standard InChI is InChI=1S/C10H7Br2NO/c1-13-4-6(5-14)7-2-8(11)9(12)3-10(7)13/h2-5H,1H3. The van der Waals surface area contributed by atoms with Crippen LogP contribution in [-0.4, -0.2) is 10.9 Å². The predicted molar refractivity (Wildman–Crippen MR) is 63.7 cm³/mol. The fourth-order valence-electron chi connectivity index (χ4n) is 1.50. The topological polar surface area (TPSA) is 22.0 Å². The first-order chi connectivity index (χ1) is 6.63. The van der Waals surface area contributed by atoms with E-state index in [2.05, 4.69) is 31.9 Å². The van der Waals surface area contributed by atoms with Crippen molar-refractivity contribution >= 4 is 49.0 Å². The van der Waals surface area contributed by atoms with Crippen LogP contribution in [0, 0.1) is 0 Å². The predicted octanol–water partition coefficient (Wildman–Crippen LogP) is 3.52. The summed E-state index contributed by atoms with van der Waals surface area (Å²) in [4.78, 5) is 10.8. The van der Waals surface area contributed by atoms with Crippen molar-refractivity contribution in [3.05, 3.63) is 32.8 Å². The lowest BCUT2D eigenvalue weighted by molar-refractivity contribution is 0.112. The zero-order chi connectivity index (χ0) is 10.3. The molecule has 1 aromatic carbocycles. The second kappa shape index (κ2) is 3.51. The Balaban J connectivity index is 2.90. The van der Waals surface area contributed by atoms with Crippen molar-refractivity contribution in [2.75, 3.05) is 0 Å². The van der Waals surface area contributed by atoms with Crippen molar-refractivity contribution in [1.82, 2.24) is 4.57 Å². The molecule has 0 aliphatic heterocycles. The first-order valence-electron chi connectivity index (χ1n) is 4.02. The number of aldehydes is 1. The van der Waals surface area contributed by atoms with Crippen LogP contribution < -0.4 is 0 Å². The van der Waals surface area contributed by atoms with Gasteiger partial charge in [-0.05, 0) is 44.0 Å². The lowest BCUT2D eigenvalue weighted by Crippen LogP contribution is -1.83. The minimum Gasteiger partial charge on any atom is -0.350 e. The second-order valence-electron chi connectivity index (χ2n) is 3.10. The van der Waals surface area contributed by atoms with Crippen LogP contribution in [0.5, 0.6) is 0 Å². The molecule has 0 aliphatic rings. The van der Waals surface area contributed by atoms with Gasteiger partial charge in [-0.2, -0.15) is 0 Å². The van der Waals surface area contributed by atoms with Crippen LogP contribution in [0.3, 0.4) is 0 Å². The zero-order valence-corrected chi connectivity index (χ0v) is 10.6. The van der Waals surface area contributed by atoms with Gasteiger partial charge in [0.25, 0.3) is 0 Å². The molecule has 14 heavy (non-hydrogen) atoms. The molecule has 0 aliphatic carbocycles. The SMILES string of the molecule is Cn1cc(C=O)c2cc(Br)c(Br)cc21. The molecule has 0 N–H and O–H groups in total. The van der Waals surface area contributed by atoms with Gasteiger partial charge >= 0.3 is 0 Å². The van der Waals surface area contributed by atoms with E-state index < -0.39 is 0 Å². The third-order valence-corrected chi connectivity index (χ3v) is 4.03. The first kappa shape index (κ1) is 9.93. The Morgan fingerprint density at radius 2 is 1.93 bits per heavy atom. The van der Waals surface area contributed by atoms with Gasteiger partial charge in [-0.15, -0.1) is 0 Å². The van der Waals surface area contributed by atoms with E-state index in [9.17, 15) is 4.79 Å². The van der Waals surface area contributed by atoms with Crippen molar-refractivity contribution in [3.8, 4) is 0 Å². The zero-order valence-electron chi connectivity index (χ0n) is 7.42. The Morgan fingerprint density at radius 3 is 2.57 bits per heavy atom. The quantitative estimate of drug-likeness (QED) is 0.738. The number of nitrogens with zero attached hydrogens (tertiary/aromatic N) is 1. The highest BCUT2D eigenvalue weighted by Gasteiger charge is 2.08. The Kier molecular flexibility index (Phi) is 2.49. The molecule has 0 fully saturated rings. The molecule has 0 amide bonds. The van der Waals surface area contributed by atoms with Crippen LogP contribution in [0.4, 0.5) is 0 Å². The monoisotopic (exact) mass is 315 g/mol. The second-order valence-corrected chi connectivity index (χ2v) is 4.81. The fraction of sp³-hybridized carbons (Fsp3) is 0.100. The molecule has 0 saturated heterocycles. The van der Waals surface area contributed by atoms with Crippen LogP contribution >= 0.6 is 31.9 Å². The number of rotatable bonds is 1. The summed E-state index contributed by atoms with van der Waals surface area (Å²) in [7, 11) is 1.93. The number of halogens is 2. The maximum absolute atomic E-state index is 10.8. The normalized spacial score (nSPS) is 10.8. The summed E-state index contributed by atoms with van der Waals surface area (Å²) in [5, 5.41) is 0.970. The van der Waals surface area contributed by atoms with Gasteiger partial charge in [-0.1, -0.05) is 0 Å². The lowest BCUT2D eigenvalue weighted by atomic mass is 10.2. The van der Waals surface area contributed by atoms with Crippen LogP contribution in [0.25, 0.3) is 10.9 Å². The fourth-order valence-corrected chi connectivity index (χ4v) is 2.18. The van der Waals surface area contributed by atoms with E-state index in [1.807, 2.05) is 29.9 Å². The average molecular weight is 317 g/mol. The van der Waals surface area contributed by atoms with Gasteiger partial charge in [-0.25, -0.2) is 0 Å². The minimum atomic E-state index is 0.718. The molecule has 0 radical (unpaired) electrons. The van der Waals surface area contributed by atoms with Gasteiger partial charge in [0.15, 0.2) is 6.29 Å². The van der Waals surface area contributed by atoms with Crippen LogP contribution in [-0.2, 0) is 7.05 Å². The highest BCUT2D eigenvalue weighted by Crippen LogP contribution is 2.30. The number of aryl methyl sites for hydroxylation is 1. The maximum atomic E-state index is 10.8. The summed E-state index contributed by atoms with van der Waals surface area (Å²) in [6.45, 7) is 0. The Labute approximate surface area is 98.2 Å². The van der Waals surface area contributed by atoms with Crippen molar-refractivity contribution in [1.29, 1.82) is 0 Å². The van der Waals surface area contributed by atoms with Crippen LogP contribution in [0.1, 0.15) is 10.4 Å². The van der Waals surface area contributed by atoms with Crippen molar-refractivity contribution < 1.29 is 4.79 Å². The average Bonchev–Trinajstić information content (AvgIpc) is 2.45. The van der Waals surface area contributed by atoms with Crippen LogP contribution in [0.15, 0.2) is 27.3 Å². The molecule has 1 heterocycles. The van der Waals surface area contributed by atoms with E-state index in [0.29, 0.717) is 0 Å². The van der Waals surface area contributed by atoms with Gasteiger partial charge in [0.1, 0.15) is 0 Å². The third-order valence-electron chi connectivity index (χ3n) is 2.19. The van der Waals surface area contributed by atoms with Gasteiger partial charge in [0.2, 0.25) is 0 Å². The molecule has 4 heteroatoms. The highest BCUT2D eigenvalue weighted by molar-refractivity contribution is 9.13. The summed E-state index contributed by atoms with van der Waals surface area (Å²) in [6.07, 6.45) is 2.71. The molecule has 0 bridgehead atoms. The van der Waals surface area contributed by atoms with Gasteiger partial charge in [-0.3, -0.25) is 4.79 Å². The molecule has 0 spiro atoms. The van der Waals surface area contributed by atoms with E-state index in [4.69, 9.17) is 0 Å². The van der Waals surface area contributed by atoms with E-state index in [0.717, 1.165) is 31.7 Å². The summed E-state index contributed by atoms with van der Waals surface area (Å²) in [5.41, 5.74) is 1.76. The maximum Gasteiger partial charge on any atom is 0.152 e. The van der Waals surface area contributed by atoms with Crippen molar-refractivity contribution in [3.63, 3.8) is 0 Å². The number of carbonyl (C=O) groups excluding carboxylic acids is 1. The van der Waals surface area contributed by atoms with Gasteiger partial charge in [0.05, 0.1) is 0 Å². The summed E-state index contributed by atoms with van der Waals surface area (Å²) >= 11 is 6.85. The molecule has 2 rings (SSSR count). The molecule has 2 aromatic rings. The van der Waals surface area contributed by atoms with Crippen LogP contribution in [0.2, 0.25) is 0 Å². The summed E-state index contributed by atoms with van der Waals surface area (Å²) < 4.78 is 3.89. The number of benzene rings is 1. The summed E-state index contributed by atoms with van der Waals surface area (Å²) in [6, 6.07) is 3.94. The lowest BCUT2D eigenvalue weighted by Gasteiger charge is -1.99. The number of hydrogen-bond acceptors (Lipinski definition) is 1. The molecular weight excluding hydrogens is 310 g/mol. The van der Waals surface area contributed by atoms with E-state index in [1.54, 1.807) is 0 Å². The molecule has 1 aromatic heterocycles. The first-order valence-corrected chi connectivity index (χ1v) is 5.61. The van der Waals surface area contributed by atoms with Crippen molar-refractivity contribution in [2.24, 2.45) is 7.05 Å². The third kappa shape index (κ3) is 1.42. The minimum absolute atomic E-state index is 0.718. The Hall–Kier alpha value is -0.610. The van der Waals surface area contributed by atoms with E-state index >= 15 is 0 Å². The summed E-state index contributed by atoms with van der Waals surface area (Å²) in [5.74, 6) is 0. The number of hydrogen-bond donors (Lipinski definition) is 0. The molecule has 72 valence electrons. The number of carbonyl (C=O) groups is 1. The van der Waals surface area contributed by atoms with Crippen molar-refractivity contribution in [2.45, 2.75) is 0 Å². The Morgan fingerprint density at radius 1 is 1.29 bits per heavy atom. The highest BCUT2D eigenvalue weighted by atomic mass is 79.9. The smallest absolute Gasteiger partial charge is 0.152 e. The Bertz CT molecular complexity index is 516. The molecule has 0 saturated carbocycles. The molecule has 2 nitrogen and oxygen atoms in total. The molecule has 0 atom stereocenters. The van der Waals surface area contributed by atoms with Gasteiger partial charge < -0.3 is 4.57 Å². The molecule has 0 unspecified atom stereocenters. The van der Waals surface area contributed by atoms with Gasteiger partial charge in [0, 0.05) is 38.7 Å². The van der Waals surface area contributed by atoms with E-state index in [1.165, 1.54) is 0 Å². The number of aromatic nitrogens is 1. The molecular formula is C10H7Br2NO. The number of fused-ring (bicyclic) bond motifs is 1. The van der Waals surface area contributed by atoms with E-state index in [-0.39, 0.29) is 0 Å². The largest absolute Gasteiger partial charge is 0.350 e.